The van der Waals surface area contributed by atoms with E-state index in [-0.39, 0.29) is 17.2 Å². The van der Waals surface area contributed by atoms with Crippen LogP contribution in [-0.2, 0) is 9.53 Å². The molecule has 0 radical (unpaired) electrons. The van der Waals surface area contributed by atoms with Crippen LogP contribution in [0.15, 0.2) is 42.5 Å². The van der Waals surface area contributed by atoms with Crippen molar-refractivity contribution in [2.24, 2.45) is 0 Å². The molecule has 7 nitrogen and oxygen atoms in total. The number of nitro benzene ring substituents is 1. The molecule has 2 aromatic carbocycles. The van der Waals surface area contributed by atoms with E-state index in [1.807, 2.05) is 0 Å². The smallest absolute Gasteiger partial charge is 0.350 e. The first-order valence-corrected chi connectivity index (χ1v) is 7.42. The maximum Gasteiger partial charge on any atom is 0.350 e. The van der Waals surface area contributed by atoms with E-state index in [0.717, 1.165) is 0 Å². The van der Waals surface area contributed by atoms with E-state index in [0.29, 0.717) is 18.6 Å². The van der Waals surface area contributed by atoms with Crippen molar-refractivity contribution in [1.29, 1.82) is 0 Å². The molecule has 1 aliphatic carbocycles. The Balaban J connectivity index is 1.88. The van der Waals surface area contributed by atoms with Gasteiger partial charge in [0.25, 0.3) is 5.69 Å². The van der Waals surface area contributed by atoms with Crippen LogP contribution in [0.2, 0.25) is 0 Å². The van der Waals surface area contributed by atoms with Crippen LogP contribution >= 0.6 is 0 Å². The lowest BCUT2D eigenvalue weighted by Crippen LogP contribution is -2.30. The minimum atomic E-state index is -1.10. The van der Waals surface area contributed by atoms with Crippen molar-refractivity contribution < 1.29 is 28.3 Å². The number of non-ortho nitro benzene ring substituents is 1. The number of rotatable bonds is 6. The van der Waals surface area contributed by atoms with Crippen LogP contribution in [-0.4, -0.2) is 23.6 Å². The highest BCUT2D eigenvalue weighted by Crippen LogP contribution is 2.43. The van der Waals surface area contributed by atoms with Crippen molar-refractivity contribution >= 4 is 11.7 Å². The second-order valence-corrected chi connectivity index (χ2v) is 5.56. The highest BCUT2D eigenvalue weighted by Gasteiger charge is 2.54. The van der Waals surface area contributed by atoms with Crippen LogP contribution in [0.3, 0.4) is 0 Å². The summed E-state index contributed by atoms with van der Waals surface area (Å²) in [5.41, 5.74) is -1.35. The predicted octanol–water partition coefficient (Wildman–Crippen LogP) is 3.61. The lowest BCUT2D eigenvalue weighted by molar-refractivity contribution is -0.385. The Hall–Kier alpha value is -3.16. The van der Waals surface area contributed by atoms with E-state index >= 15 is 0 Å². The number of nitro groups is 1. The standard InChI is InChI=1S/C17H14FNO6/c1-23-16(20)17(6-7-17)25-15-9-12(19(21)22)8-14(10-15)24-13-4-2-11(18)3-5-13/h2-5,8-10H,6-7H2,1H3. The summed E-state index contributed by atoms with van der Waals surface area (Å²) in [6, 6.07) is 9.06. The summed E-state index contributed by atoms with van der Waals surface area (Å²) in [6.07, 6.45) is 0.938. The zero-order valence-corrected chi connectivity index (χ0v) is 13.2. The molecule has 1 saturated carbocycles. The minimum absolute atomic E-state index is 0.120. The first-order valence-electron chi connectivity index (χ1n) is 7.42. The normalized spacial score (nSPS) is 14.5. The van der Waals surface area contributed by atoms with E-state index in [4.69, 9.17) is 14.2 Å². The third-order valence-corrected chi connectivity index (χ3v) is 3.70. The summed E-state index contributed by atoms with van der Waals surface area (Å²) in [6.45, 7) is 0. The molecule has 3 rings (SSSR count). The number of halogens is 1. The largest absolute Gasteiger partial charge is 0.475 e. The zero-order chi connectivity index (χ0) is 18.0. The van der Waals surface area contributed by atoms with Gasteiger partial charge < -0.3 is 14.2 Å². The molecular formula is C17H14FNO6. The van der Waals surface area contributed by atoms with Crippen molar-refractivity contribution in [3.63, 3.8) is 0 Å². The average Bonchev–Trinajstić information content (AvgIpc) is 3.36. The van der Waals surface area contributed by atoms with Gasteiger partial charge in [-0.2, -0.15) is 0 Å². The molecule has 0 N–H and O–H groups in total. The Morgan fingerprint density at radius 2 is 1.76 bits per heavy atom. The van der Waals surface area contributed by atoms with Crippen LogP contribution in [0.1, 0.15) is 12.8 Å². The van der Waals surface area contributed by atoms with Crippen LogP contribution in [0.5, 0.6) is 17.2 Å². The molecule has 0 aliphatic heterocycles. The van der Waals surface area contributed by atoms with Gasteiger partial charge in [0.2, 0.25) is 5.60 Å². The number of benzene rings is 2. The molecule has 2 aromatic rings. The molecule has 8 heteroatoms. The van der Waals surface area contributed by atoms with Crippen molar-refractivity contribution in [3.05, 3.63) is 58.4 Å². The molecular weight excluding hydrogens is 333 g/mol. The van der Waals surface area contributed by atoms with Gasteiger partial charge in [-0.15, -0.1) is 0 Å². The van der Waals surface area contributed by atoms with E-state index < -0.39 is 22.3 Å². The van der Waals surface area contributed by atoms with Crippen molar-refractivity contribution in [2.45, 2.75) is 18.4 Å². The van der Waals surface area contributed by atoms with Crippen LogP contribution in [0.4, 0.5) is 10.1 Å². The summed E-state index contributed by atoms with van der Waals surface area (Å²) in [5.74, 6) is -0.392. The van der Waals surface area contributed by atoms with Gasteiger partial charge in [0.05, 0.1) is 24.2 Å². The molecule has 0 amide bonds. The Labute approximate surface area is 142 Å². The zero-order valence-electron chi connectivity index (χ0n) is 13.2. The Morgan fingerprint density at radius 3 is 2.32 bits per heavy atom. The molecule has 0 atom stereocenters. The highest BCUT2D eigenvalue weighted by molar-refractivity contribution is 5.83. The molecule has 0 unspecified atom stereocenters. The summed E-state index contributed by atoms with van der Waals surface area (Å²) in [7, 11) is 1.25. The second-order valence-electron chi connectivity index (χ2n) is 5.56. The fourth-order valence-corrected chi connectivity index (χ4v) is 2.29. The molecule has 1 fully saturated rings. The number of nitrogens with zero attached hydrogens (tertiary/aromatic N) is 1. The lowest BCUT2D eigenvalue weighted by Gasteiger charge is -2.16. The second kappa shape index (κ2) is 6.39. The highest BCUT2D eigenvalue weighted by atomic mass is 19.1. The van der Waals surface area contributed by atoms with Gasteiger partial charge in [0, 0.05) is 18.9 Å². The van der Waals surface area contributed by atoms with Crippen molar-refractivity contribution in [2.75, 3.05) is 7.11 Å². The molecule has 0 heterocycles. The molecule has 130 valence electrons. The van der Waals surface area contributed by atoms with E-state index in [9.17, 15) is 19.3 Å². The van der Waals surface area contributed by atoms with Gasteiger partial charge in [-0.05, 0) is 24.3 Å². The number of carbonyl (C=O) groups excluding carboxylic acids is 1. The average molecular weight is 347 g/mol. The van der Waals surface area contributed by atoms with Gasteiger partial charge in [0.15, 0.2) is 0 Å². The van der Waals surface area contributed by atoms with Crippen LogP contribution in [0, 0.1) is 15.9 Å². The lowest BCUT2D eigenvalue weighted by atomic mass is 10.2. The minimum Gasteiger partial charge on any atom is -0.475 e. The van der Waals surface area contributed by atoms with Crippen LogP contribution in [0.25, 0.3) is 0 Å². The Morgan fingerprint density at radius 1 is 1.12 bits per heavy atom. The first kappa shape index (κ1) is 16.7. The van der Waals surface area contributed by atoms with Gasteiger partial charge >= 0.3 is 5.97 Å². The number of ether oxygens (including phenoxy) is 3. The van der Waals surface area contributed by atoms with E-state index in [1.165, 1.54) is 49.6 Å². The Bertz CT molecular complexity index is 816. The fourth-order valence-electron chi connectivity index (χ4n) is 2.29. The van der Waals surface area contributed by atoms with Gasteiger partial charge in [-0.1, -0.05) is 0 Å². The summed E-state index contributed by atoms with van der Waals surface area (Å²) >= 11 is 0. The van der Waals surface area contributed by atoms with Gasteiger partial charge in [-0.3, -0.25) is 10.1 Å². The predicted molar refractivity (Wildman–Crippen MR) is 84.2 cm³/mol. The number of carbonyl (C=O) groups is 1. The van der Waals surface area contributed by atoms with Crippen molar-refractivity contribution in [3.8, 4) is 17.2 Å². The quantitative estimate of drug-likeness (QED) is 0.451. The summed E-state index contributed by atoms with van der Waals surface area (Å²) < 4.78 is 28.8. The summed E-state index contributed by atoms with van der Waals surface area (Å²) in [4.78, 5) is 22.3. The van der Waals surface area contributed by atoms with E-state index in [2.05, 4.69) is 0 Å². The Kier molecular flexibility index (Phi) is 4.26. The number of hydrogen-bond donors (Lipinski definition) is 0. The maximum atomic E-state index is 13.0. The van der Waals surface area contributed by atoms with Gasteiger partial charge in [-0.25, -0.2) is 9.18 Å². The number of hydrogen-bond acceptors (Lipinski definition) is 6. The maximum absolute atomic E-state index is 13.0. The topological polar surface area (TPSA) is 87.9 Å². The third kappa shape index (κ3) is 3.68. The summed E-state index contributed by atoms with van der Waals surface area (Å²) in [5, 5.41) is 11.1. The monoisotopic (exact) mass is 347 g/mol. The first-order chi connectivity index (χ1) is 11.9. The molecule has 25 heavy (non-hydrogen) atoms. The molecule has 0 spiro atoms. The molecule has 0 aromatic heterocycles. The molecule has 0 saturated heterocycles. The van der Waals surface area contributed by atoms with E-state index in [1.54, 1.807) is 0 Å². The van der Waals surface area contributed by atoms with Crippen molar-refractivity contribution in [1.82, 2.24) is 0 Å². The number of methoxy groups -OCH3 is 1. The van der Waals surface area contributed by atoms with Gasteiger partial charge in [0.1, 0.15) is 23.1 Å². The SMILES string of the molecule is COC(=O)C1(Oc2cc(Oc3ccc(F)cc3)cc([N+](=O)[O-])c2)CC1. The molecule has 0 bridgehead atoms. The molecule has 1 aliphatic rings. The third-order valence-electron chi connectivity index (χ3n) is 3.70. The number of esters is 1. The fraction of sp³-hybridized carbons (Fsp3) is 0.235. The van der Waals surface area contributed by atoms with Crippen LogP contribution < -0.4 is 9.47 Å².